The molecule has 0 bridgehead atoms. The Hall–Kier alpha value is -2.78. The molecule has 0 spiro atoms. The number of amides is 1. The molecule has 164 valence electrons. The number of carbonyl (C=O) groups excluding carboxylic acids is 1. The molecule has 0 saturated heterocycles. The summed E-state index contributed by atoms with van der Waals surface area (Å²) in [7, 11) is 3.14. The third kappa shape index (κ3) is 5.68. The molecule has 0 unspecified atom stereocenters. The molecular weight excluding hydrogens is 432 g/mol. The molecule has 0 fully saturated rings. The summed E-state index contributed by atoms with van der Waals surface area (Å²) in [6, 6.07) is 11.5. The van der Waals surface area contributed by atoms with E-state index in [-0.39, 0.29) is 11.2 Å². The minimum Gasteiger partial charge on any atom is -0.497 e. The monoisotopic (exact) mass is 458 g/mol. The Kier molecular flexibility index (Phi) is 7.75. The second kappa shape index (κ2) is 10.5. The lowest BCUT2D eigenvalue weighted by Gasteiger charge is -2.14. The predicted molar refractivity (Wildman–Crippen MR) is 127 cm³/mol. The first-order valence-corrected chi connectivity index (χ1v) is 11.5. The molecule has 1 amide bonds. The van der Waals surface area contributed by atoms with Crippen molar-refractivity contribution >= 4 is 45.5 Å². The van der Waals surface area contributed by atoms with Crippen LogP contribution in [0.5, 0.6) is 11.5 Å². The Morgan fingerprint density at radius 3 is 2.71 bits per heavy atom. The van der Waals surface area contributed by atoms with Gasteiger partial charge in [0, 0.05) is 11.8 Å². The average Bonchev–Trinajstić information content (AvgIpc) is 3.21. The standard InChI is InChI=1S/C22H26N4O3S2/c1-6-15-9-7-8-13(2)19(15)24-21-25-26-22(31-21)30-14(3)20(27)23-17-12-16(28-4)10-11-18(17)29-5/h7-12,14H,6H2,1-5H3,(H,23,27)(H,24,25)/t14-/m0/s1. The number of hydrogen-bond donors (Lipinski definition) is 2. The van der Waals surface area contributed by atoms with Gasteiger partial charge < -0.3 is 20.1 Å². The van der Waals surface area contributed by atoms with Crippen LogP contribution in [0.2, 0.25) is 0 Å². The number of anilines is 3. The Labute approximate surface area is 190 Å². The zero-order chi connectivity index (χ0) is 22.4. The molecule has 2 N–H and O–H groups in total. The molecule has 1 atom stereocenters. The first kappa shape index (κ1) is 22.9. The summed E-state index contributed by atoms with van der Waals surface area (Å²) in [6.45, 7) is 6.02. The van der Waals surface area contributed by atoms with Gasteiger partial charge >= 0.3 is 0 Å². The van der Waals surface area contributed by atoms with Gasteiger partial charge in [0.25, 0.3) is 0 Å². The van der Waals surface area contributed by atoms with Crippen LogP contribution in [-0.4, -0.2) is 35.6 Å². The van der Waals surface area contributed by atoms with Crippen LogP contribution in [0.4, 0.5) is 16.5 Å². The molecule has 0 aliphatic rings. The fourth-order valence-electron chi connectivity index (χ4n) is 2.97. The van der Waals surface area contributed by atoms with Crippen LogP contribution in [0.25, 0.3) is 0 Å². The highest BCUT2D eigenvalue weighted by Gasteiger charge is 2.19. The maximum Gasteiger partial charge on any atom is 0.237 e. The molecule has 0 saturated carbocycles. The zero-order valence-electron chi connectivity index (χ0n) is 18.2. The van der Waals surface area contributed by atoms with E-state index < -0.39 is 0 Å². The molecular formula is C22H26N4O3S2. The summed E-state index contributed by atoms with van der Waals surface area (Å²) in [5.74, 6) is 1.05. The summed E-state index contributed by atoms with van der Waals surface area (Å²) >= 11 is 2.79. The Morgan fingerprint density at radius 2 is 2.00 bits per heavy atom. The number of thioether (sulfide) groups is 1. The molecule has 1 heterocycles. The van der Waals surface area contributed by atoms with E-state index in [9.17, 15) is 4.79 Å². The number of carbonyl (C=O) groups is 1. The first-order valence-electron chi connectivity index (χ1n) is 9.83. The highest BCUT2D eigenvalue weighted by atomic mass is 32.2. The zero-order valence-corrected chi connectivity index (χ0v) is 19.8. The van der Waals surface area contributed by atoms with Crippen molar-refractivity contribution in [3.05, 3.63) is 47.5 Å². The number of para-hydroxylation sites is 1. The maximum absolute atomic E-state index is 12.7. The SMILES string of the molecule is CCc1cccc(C)c1Nc1nnc(S[C@@H](C)C(=O)Nc2cc(OC)ccc2OC)s1. The highest BCUT2D eigenvalue weighted by molar-refractivity contribution is 8.02. The van der Waals surface area contributed by atoms with Crippen LogP contribution in [0.1, 0.15) is 25.0 Å². The molecule has 7 nitrogen and oxygen atoms in total. The molecule has 2 aromatic carbocycles. The van der Waals surface area contributed by atoms with Crippen molar-refractivity contribution in [1.29, 1.82) is 0 Å². The van der Waals surface area contributed by atoms with Gasteiger partial charge in [0.1, 0.15) is 11.5 Å². The van der Waals surface area contributed by atoms with E-state index in [1.807, 2.05) is 6.92 Å². The van der Waals surface area contributed by atoms with Gasteiger partial charge in [-0.05, 0) is 43.5 Å². The molecule has 0 aliphatic heterocycles. The quantitative estimate of drug-likeness (QED) is 0.421. The highest BCUT2D eigenvalue weighted by Crippen LogP contribution is 2.34. The van der Waals surface area contributed by atoms with Gasteiger partial charge in [0.15, 0.2) is 4.34 Å². The van der Waals surface area contributed by atoms with Crippen molar-refractivity contribution in [3.8, 4) is 11.5 Å². The number of aryl methyl sites for hydroxylation is 2. The molecule has 0 aliphatic carbocycles. The molecule has 1 aromatic heterocycles. The van der Waals surface area contributed by atoms with Crippen molar-refractivity contribution in [2.24, 2.45) is 0 Å². The van der Waals surface area contributed by atoms with Crippen molar-refractivity contribution in [3.63, 3.8) is 0 Å². The van der Waals surface area contributed by atoms with Crippen LogP contribution in [0.3, 0.4) is 0 Å². The number of ether oxygens (including phenoxy) is 2. The van der Waals surface area contributed by atoms with Gasteiger partial charge in [-0.15, -0.1) is 10.2 Å². The van der Waals surface area contributed by atoms with E-state index in [2.05, 4.69) is 52.9 Å². The third-order valence-corrected chi connectivity index (χ3v) is 6.71. The van der Waals surface area contributed by atoms with Gasteiger partial charge in [-0.1, -0.05) is 48.2 Å². The van der Waals surface area contributed by atoms with Crippen molar-refractivity contribution in [2.45, 2.75) is 36.8 Å². The third-order valence-electron chi connectivity index (χ3n) is 4.69. The van der Waals surface area contributed by atoms with E-state index in [0.717, 1.165) is 22.0 Å². The van der Waals surface area contributed by atoms with E-state index >= 15 is 0 Å². The predicted octanol–water partition coefficient (Wildman–Crippen LogP) is 5.29. The smallest absolute Gasteiger partial charge is 0.237 e. The fourth-order valence-corrected chi connectivity index (χ4v) is 4.87. The maximum atomic E-state index is 12.7. The summed E-state index contributed by atoms with van der Waals surface area (Å²) in [5.41, 5.74) is 4.01. The minimum absolute atomic E-state index is 0.159. The number of aromatic nitrogens is 2. The molecule has 3 aromatic rings. The second-order valence-electron chi connectivity index (χ2n) is 6.78. The van der Waals surface area contributed by atoms with Crippen LogP contribution in [0.15, 0.2) is 40.7 Å². The number of rotatable bonds is 9. The van der Waals surface area contributed by atoms with Crippen molar-refractivity contribution < 1.29 is 14.3 Å². The Bertz CT molecular complexity index is 1050. The summed E-state index contributed by atoms with van der Waals surface area (Å²) in [5, 5.41) is 15.1. The number of benzene rings is 2. The Morgan fingerprint density at radius 1 is 1.19 bits per heavy atom. The molecule has 9 heteroatoms. The van der Waals surface area contributed by atoms with Gasteiger partial charge in [0.2, 0.25) is 11.0 Å². The van der Waals surface area contributed by atoms with Crippen LogP contribution in [0, 0.1) is 6.92 Å². The van der Waals surface area contributed by atoms with Crippen molar-refractivity contribution in [2.75, 3.05) is 24.9 Å². The second-order valence-corrected chi connectivity index (χ2v) is 9.34. The van der Waals surface area contributed by atoms with E-state index in [4.69, 9.17) is 9.47 Å². The molecule has 0 radical (unpaired) electrons. The normalized spacial score (nSPS) is 11.6. The molecule has 31 heavy (non-hydrogen) atoms. The van der Waals surface area contributed by atoms with Gasteiger partial charge in [-0.3, -0.25) is 4.79 Å². The van der Waals surface area contributed by atoms with Crippen LogP contribution >= 0.6 is 23.1 Å². The number of nitrogens with one attached hydrogen (secondary N) is 2. The first-order chi connectivity index (χ1) is 14.9. The summed E-state index contributed by atoms with van der Waals surface area (Å²) < 4.78 is 11.3. The fraction of sp³-hybridized carbons (Fsp3) is 0.318. The Balaban J connectivity index is 1.66. The average molecular weight is 459 g/mol. The van der Waals surface area contributed by atoms with Crippen molar-refractivity contribution in [1.82, 2.24) is 10.2 Å². The van der Waals surface area contributed by atoms with Gasteiger partial charge in [0.05, 0.1) is 25.2 Å². The minimum atomic E-state index is -0.374. The van der Waals surface area contributed by atoms with E-state index in [0.29, 0.717) is 22.3 Å². The summed E-state index contributed by atoms with van der Waals surface area (Å²) in [4.78, 5) is 12.7. The summed E-state index contributed by atoms with van der Waals surface area (Å²) in [6.07, 6.45) is 0.926. The number of hydrogen-bond acceptors (Lipinski definition) is 8. The lowest BCUT2D eigenvalue weighted by Crippen LogP contribution is -2.22. The van der Waals surface area contributed by atoms with Gasteiger partial charge in [-0.2, -0.15) is 0 Å². The van der Waals surface area contributed by atoms with Gasteiger partial charge in [-0.25, -0.2) is 0 Å². The largest absolute Gasteiger partial charge is 0.497 e. The lowest BCUT2D eigenvalue weighted by atomic mass is 10.1. The van der Waals surface area contributed by atoms with Crippen LogP contribution < -0.4 is 20.1 Å². The number of nitrogens with zero attached hydrogens (tertiary/aromatic N) is 2. The molecule has 3 rings (SSSR count). The van der Waals surface area contributed by atoms with Crippen LogP contribution in [-0.2, 0) is 11.2 Å². The van der Waals surface area contributed by atoms with E-state index in [1.54, 1.807) is 32.4 Å². The number of methoxy groups -OCH3 is 2. The topological polar surface area (TPSA) is 85.4 Å². The van der Waals surface area contributed by atoms with E-state index in [1.165, 1.54) is 28.7 Å². The lowest BCUT2D eigenvalue weighted by molar-refractivity contribution is -0.115.